The Hall–Kier alpha value is -2.53. The van der Waals surface area contributed by atoms with Crippen LogP contribution < -0.4 is 9.47 Å². The van der Waals surface area contributed by atoms with Gasteiger partial charge < -0.3 is 14.2 Å². The summed E-state index contributed by atoms with van der Waals surface area (Å²) in [7, 11) is 3.23. The third-order valence-electron chi connectivity index (χ3n) is 4.30. The molecular formula is C21H27NO4. The first-order valence-electron chi connectivity index (χ1n) is 8.74. The van der Waals surface area contributed by atoms with Gasteiger partial charge in [-0.1, -0.05) is 36.4 Å². The summed E-state index contributed by atoms with van der Waals surface area (Å²) in [4.78, 5) is 14.2. The summed E-state index contributed by atoms with van der Waals surface area (Å²) in [6.45, 7) is 5.14. The van der Waals surface area contributed by atoms with Crippen molar-refractivity contribution in [3.05, 3.63) is 59.7 Å². The molecule has 26 heavy (non-hydrogen) atoms. The number of benzene rings is 2. The highest BCUT2D eigenvalue weighted by atomic mass is 16.5. The molecule has 0 spiro atoms. The lowest BCUT2D eigenvalue weighted by molar-refractivity contribution is -0.145. The van der Waals surface area contributed by atoms with Crippen molar-refractivity contribution in [3.8, 4) is 11.5 Å². The summed E-state index contributed by atoms with van der Waals surface area (Å²) in [6.07, 6.45) is 0. The van der Waals surface area contributed by atoms with Crippen molar-refractivity contribution in [2.45, 2.75) is 26.4 Å². The minimum Gasteiger partial charge on any atom is -0.493 e. The van der Waals surface area contributed by atoms with Gasteiger partial charge in [0, 0.05) is 12.6 Å². The average Bonchev–Trinajstić information content (AvgIpc) is 2.67. The van der Waals surface area contributed by atoms with E-state index < -0.39 is 0 Å². The molecule has 0 aliphatic heterocycles. The minimum atomic E-state index is -0.226. The lowest BCUT2D eigenvalue weighted by Crippen LogP contribution is -2.33. The highest BCUT2D eigenvalue weighted by Gasteiger charge is 2.21. The van der Waals surface area contributed by atoms with Crippen LogP contribution in [0.1, 0.15) is 31.0 Å². The molecular weight excluding hydrogens is 330 g/mol. The molecule has 5 nitrogen and oxygen atoms in total. The van der Waals surface area contributed by atoms with Crippen molar-refractivity contribution < 1.29 is 19.0 Å². The Balaban J connectivity index is 2.26. The normalized spacial score (nSPS) is 11.9. The van der Waals surface area contributed by atoms with Crippen LogP contribution in [-0.4, -0.2) is 38.2 Å². The van der Waals surface area contributed by atoms with E-state index in [0.717, 1.165) is 11.1 Å². The summed E-state index contributed by atoms with van der Waals surface area (Å²) in [5.74, 6) is 1.13. The van der Waals surface area contributed by atoms with Crippen LogP contribution in [0, 0.1) is 0 Å². The number of methoxy groups -OCH3 is 2. The van der Waals surface area contributed by atoms with E-state index in [0.29, 0.717) is 24.7 Å². The monoisotopic (exact) mass is 357 g/mol. The predicted octanol–water partition coefficient (Wildman–Crippen LogP) is 3.83. The predicted molar refractivity (Wildman–Crippen MR) is 101 cm³/mol. The molecule has 0 fully saturated rings. The number of esters is 1. The summed E-state index contributed by atoms with van der Waals surface area (Å²) < 4.78 is 15.9. The lowest BCUT2D eigenvalue weighted by atomic mass is 10.0. The molecule has 1 atom stereocenters. The van der Waals surface area contributed by atoms with Gasteiger partial charge >= 0.3 is 5.97 Å². The van der Waals surface area contributed by atoms with Gasteiger partial charge in [0.25, 0.3) is 0 Å². The zero-order valence-corrected chi connectivity index (χ0v) is 15.9. The van der Waals surface area contributed by atoms with Crippen LogP contribution >= 0.6 is 0 Å². The van der Waals surface area contributed by atoms with Crippen LogP contribution in [0.15, 0.2) is 48.5 Å². The number of ether oxygens (including phenoxy) is 3. The largest absolute Gasteiger partial charge is 0.493 e. The van der Waals surface area contributed by atoms with Gasteiger partial charge in [0.1, 0.15) is 0 Å². The molecule has 0 heterocycles. The third kappa shape index (κ3) is 5.23. The number of hydrogen-bond donors (Lipinski definition) is 0. The molecule has 2 aromatic carbocycles. The smallest absolute Gasteiger partial charge is 0.320 e. The van der Waals surface area contributed by atoms with Gasteiger partial charge in [-0.15, -0.1) is 0 Å². The van der Waals surface area contributed by atoms with E-state index in [1.807, 2.05) is 43.3 Å². The minimum absolute atomic E-state index is 0.000539. The van der Waals surface area contributed by atoms with Gasteiger partial charge in [0.15, 0.2) is 11.5 Å². The van der Waals surface area contributed by atoms with Crippen molar-refractivity contribution in [1.82, 2.24) is 4.90 Å². The van der Waals surface area contributed by atoms with Gasteiger partial charge in [-0.05, 0) is 37.1 Å². The first-order valence-corrected chi connectivity index (χ1v) is 8.74. The number of carbonyl (C=O) groups excluding carboxylic acids is 1. The molecule has 0 radical (unpaired) electrons. The van der Waals surface area contributed by atoms with Gasteiger partial charge in [-0.2, -0.15) is 0 Å². The molecule has 0 saturated heterocycles. The Morgan fingerprint density at radius 3 is 2.35 bits per heavy atom. The summed E-state index contributed by atoms with van der Waals surface area (Å²) >= 11 is 0. The molecule has 0 aromatic heterocycles. The number of rotatable bonds is 9. The maximum Gasteiger partial charge on any atom is 0.320 e. The van der Waals surface area contributed by atoms with Gasteiger partial charge in [-0.25, -0.2) is 0 Å². The van der Waals surface area contributed by atoms with Crippen LogP contribution in [0.25, 0.3) is 0 Å². The van der Waals surface area contributed by atoms with E-state index in [1.165, 1.54) is 0 Å². The van der Waals surface area contributed by atoms with Crippen molar-refractivity contribution in [3.63, 3.8) is 0 Å². The zero-order chi connectivity index (χ0) is 18.9. The maximum atomic E-state index is 12.1. The molecule has 0 saturated carbocycles. The van der Waals surface area contributed by atoms with Crippen LogP contribution in [-0.2, 0) is 16.1 Å². The molecule has 0 bridgehead atoms. The Morgan fingerprint density at radius 2 is 1.73 bits per heavy atom. The standard InChI is InChI=1S/C21H27NO4/c1-5-26-21(23)15-22(14-17-9-7-6-8-10-17)16(2)18-11-12-19(24-3)20(13-18)25-4/h6-13,16H,5,14-15H2,1-4H3. The molecule has 2 rings (SSSR count). The van der Waals surface area contributed by atoms with Crippen molar-refractivity contribution in [2.24, 2.45) is 0 Å². The van der Waals surface area contributed by atoms with Crippen LogP contribution in [0.2, 0.25) is 0 Å². The first kappa shape index (κ1) is 19.8. The highest BCUT2D eigenvalue weighted by molar-refractivity contribution is 5.71. The van der Waals surface area contributed by atoms with Gasteiger partial charge in [0.05, 0.1) is 27.4 Å². The summed E-state index contributed by atoms with van der Waals surface area (Å²) in [5, 5.41) is 0. The topological polar surface area (TPSA) is 48.0 Å². The Morgan fingerprint density at radius 1 is 1.04 bits per heavy atom. The molecule has 1 unspecified atom stereocenters. The fourth-order valence-corrected chi connectivity index (χ4v) is 2.84. The van der Waals surface area contributed by atoms with Crippen molar-refractivity contribution in [1.29, 1.82) is 0 Å². The van der Waals surface area contributed by atoms with E-state index in [1.54, 1.807) is 14.2 Å². The van der Waals surface area contributed by atoms with Crippen LogP contribution in [0.5, 0.6) is 11.5 Å². The molecule has 0 amide bonds. The van der Waals surface area contributed by atoms with Crippen LogP contribution in [0.4, 0.5) is 0 Å². The molecule has 0 N–H and O–H groups in total. The second-order valence-electron chi connectivity index (χ2n) is 5.99. The van der Waals surface area contributed by atoms with Gasteiger partial charge in [-0.3, -0.25) is 9.69 Å². The fraction of sp³-hybridized carbons (Fsp3) is 0.381. The van der Waals surface area contributed by atoms with E-state index in [9.17, 15) is 4.79 Å². The molecule has 0 aliphatic carbocycles. The average molecular weight is 357 g/mol. The first-order chi connectivity index (χ1) is 12.6. The Bertz CT molecular complexity index is 702. The third-order valence-corrected chi connectivity index (χ3v) is 4.30. The van der Waals surface area contributed by atoms with Crippen molar-refractivity contribution in [2.75, 3.05) is 27.4 Å². The van der Waals surface area contributed by atoms with Gasteiger partial charge in [0.2, 0.25) is 0 Å². The second-order valence-corrected chi connectivity index (χ2v) is 5.99. The highest BCUT2D eigenvalue weighted by Crippen LogP contribution is 2.32. The quantitative estimate of drug-likeness (QED) is 0.638. The second kappa shape index (κ2) is 9.82. The SMILES string of the molecule is CCOC(=O)CN(Cc1ccccc1)C(C)c1ccc(OC)c(OC)c1. The zero-order valence-electron chi connectivity index (χ0n) is 15.9. The summed E-state index contributed by atoms with van der Waals surface area (Å²) in [5.41, 5.74) is 2.19. The van der Waals surface area contributed by atoms with E-state index in [-0.39, 0.29) is 18.6 Å². The molecule has 2 aromatic rings. The molecule has 5 heteroatoms. The van der Waals surface area contributed by atoms with Crippen LogP contribution in [0.3, 0.4) is 0 Å². The lowest BCUT2D eigenvalue weighted by Gasteiger charge is -2.29. The van der Waals surface area contributed by atoms with Crippen molar-refractivity contribution >= 4 is 5.97 Å². The van der Waals surface area contributed by atoms with E-state index in [2.05, 4.69) is 24.0 Å². The van der Waals surface area contributed by atoms with E-state index >= 15 is 0 Å². The molecule has 140 valence electrons. The summed E-state index contributed by atoms with van der Waals surface area (Å²) in [6, 6.07) is 15.9. The fourth-order valence-electron chi connectivity index (χ4n) is 2.84. The number of hydrogen-bond acceptors (Lipinski definition) is 5. The Kier molecular flexibility index (Phi) is 7.48. The number of nitrogens with zero attached hydrogens (tertiary/aromatic N) is 1. The molecule has 0 aliphatic rings. The maximum absolute atomic E-state index is 12.1. The van der Waals surface area contributed by atoms with E-state index in [4.69, 9.17) is 14.2 Å². The Labute approximate surface area is 155 Å². The number of carbonyl (C=O) groups is 1.